The van der Waals surface area contributed by atoms with Crippen LogP contribution in [0.4, 0.5) is 0 Å². The number of likely N-dealkylation sites (N-methyl/N-ethyl adjacent to an activating group) is 1. The Labute approximate surface area is 147 Å². The number of benzene rings is 1. The molecule has 0 bridgehead atoms. The molecule has 0 aliphatic carbocycles. The van der Waals surface area contributed by atoms with E-state index in [4.69, 9.17) is 10.8 Å². The van der Waals surface area contributed by atoms with Crippen LogP contribution in [-0.4, -0.2) is 29.5 Å². The fraction of sp³-hybridized carbons (Fsp3) is 0.462. The molecular weight excluding hydrogens is 359 g/mol. The number of hydrogen-bond acceptors (Lipinski definition) is 8. The zero-order chi connectivity index (χ0) is 17.7. The molecule has 23 heavy (non-hydrogen) atoms. The molecule has 0 spiro atoms. The van der Waals surface area contributed by atoms with Crippen molar-refractivity contribution in [2.24, 2.45) is 5.73 Å². The Morgan fingerprint density at radius 1 is 1.30 bits per heavy atom. The third kappa shape index (κ3) is 9.93. The molecule has 1 rings (SSSR count). The van der Waals surface area contributed by atoms with E-state index in [9.17, 15) is 9.36 Å². The smallest absolute Gasteiger partial charge is 0.480 e. The third-order valence-electron chi connectivity index (χ3n) is 2.53. The standard InChI is InChI=1S/C11H16N2O2.C2H5O3PS2/c1-2-13-10(11(14)15)9-5-3-8(7-12)4-6-9;3-6(4-1-7)5-2-8/h3-6,10,13H,2,7,12H2,1H3,(H,14,15);1-2H2,(H-,7,8)/p+1. The highest BCUT2D eigenvalue weighted by molar-refractivity contribution is 7.80. The summed E-state index contributed by atoms with van der Waals surface area (Å²) >= 11 is 7.28. The van der Waals surface area contributed by atoms with Crippen molar-refractivity contribution in [2.75, 3.05) is 18.4 Å². The summed E-state index contributed by atoms with van der Waals surface area (Å²) in [5.41, 5.74) is 7.21. The predicted molar refractivity (Wildman–Crippen MR) is 95.9 cm³/mol. The van der Waals surface area contributed by atoms with Gasteiger partial charge in [-0.25, -0.2) is 0 Å². The van der Waals surface area contributed by atoms with Gasteiger partial charge < -0.3 is 16.2 Å². The first-order chi connectivity index (χ1) is 11.0. The first kappa shape index (κ1) is 22.3. The monoisotopic (exact) mass is 381 g/mol. The second-order valence-corrected chi connectivity index (χ2v) is 5.49. The van der Waals surface area contributed by atoms with Crippen LogP contribution >= 0.6 is 33.5 Å². The minimum Gasteiger partial charge on any atom is -0.480 e. The van der Waals surface area contributed by atoms with Crippen LogP contribution in [0.5, 0.6) is 0 Å². The molecule has 0 saturated carbocycles. The number of nitrogens with two attached hydrogens (primary N) is 1. The van der Waals surface area contributed by atoms with Gasteiger partial charge in [0.1, 0.15) is 17.9 Å². The zero-order valence-corrected chi connectivity index (χ0v) is 15.4. The van der Waals surface area contributed by atoms with Gasteiger partial charge >= 0.3 is 14.2 Å². The number of carboxylic acid groups (broad SMARTS) is 1. The maximum Gasteiger partial charge on any atom is 0.699 e. The molecule has 0 heterocycles. The Hall–Kier alpha value is -0.670. The molecule has 130 valence electrons. The first-order valence-corrected chi connectivity index (χ1v) is 9.06. The minimum absolute atomic E-state index is 0.100. The quantitative estimate of drug-likeness (QED) is 0.254. The summed E-state index contributed by atoms with van der Waals surface area (Å²) in [6.45, 7) is 2.97. The second-order valence-electron chi connectivity index (χ2n) is 4.01. The molecule has 0 aliphatic heterocycles. The molecule has 4 N–H and O–H groups in total. The summed E-state index contributed by atoms with van der Waals surface area (Å²) in [6.07, 6.45) is 0. The minimum atomic E-state index is -1.98. The molecule has 0 aliphatic rings. The topological polar surface area (TPSA) is 111 Å². The fourth-order valence-corrected chi connectivity index (χ4v) is 2.36. The lowest BCUT2D eigenvalue weighted by Crippen LogP contribution is -2.28. The largest absolute Gasteiger partial charge is 0.699 e. The average Bonchev–Trinajstić information content (AvgIpc) is 2.53. The van der Waals surface area contributed by atoms with Gasteiger partial charge in [0, 0.05) is 11.1 Å². The van der Waals surface area contributed by atoms with Gasteiger partial charge in [-0.3, -0.25) is 4.79 Å². The first-order valence-electron chi connectivity index (χ1n) is 6.70. The van der Waals surface area contributed by atoms with E-state index in [0.29, 0.717) is 13.1 Å². The van der Waals surface area contributed by atoms with Gasteiger partial charge in [-0.2, -0.15) is 0 Å². The summed E-state index contributed by atoms with van der Waals surface area (Å²) in [5, 5.41) is 11.9. The lowest BCUT2D eigenvalue weighted by molar-refractivity contribution is -0.139. The summed E-state index contributed by atoms with van der Waals surface area (Å²) < 4.78 is 19.0. The summed E-state index contributed by atoms with van der Waals surface area (Å²) in [5.74, 6) is -0.663. The van der Waals surface area contributed by atoms with Gasteiger partial charge in [-0.15, -0.1) is 34.3 Å². The number of aliphatic carboxylic acids is 1. The Balaban J connectivity index is 0.000000515. The lowest BCUT2D eigenvalue weighted by atomic mass is 10.0. The molecule has 1 atom stereocenters. The van der Waals surface area contributed by atoms with Crippen molar-refractivity contribution in [3.8, 4) is 0 Å². The highest BCUT2D eigenvalue weighted by Gasteiger charge is 2.17. The molecule has 0 amide bonds. The number of carbonyl (C=O) groups is 1. The van der Waals surface area contributed by atoms with Crippen molar-refractivity contribution >= 4 is 39.5 Å². The highest BCUT2D eigenvalue weighted by Crippen LogP contribution is 2.23. The van der Waals surface area contributed by atoms with Gasteiger partial charge in [0.05, 0.1) is 0 Å². The Morgan fingerprint density at radius 3 is 2.17 bits per heavy atom. The van der Waals surface area contributed by atoms with Crippen molar-refractivity contribution < 1.29 is 23.5 Å². The van der Waals surface area contributed by atoms with Crippen molar-refractivity contribution in [3.05, 3.63) is 35.4 Å². The second kappa shape index (κ2) is 13.7. The van der Waals surface area contributed by atoms with Gasteiger partial charge in [0.25, 0.3) is 0 Å². The van der Waals surface area contributed by atoms with Gasteiger partial charge in [0.2, 0.25) is 0 Å². The van der Waals surface area contributed by atoms with Crippen LogP contribution in [-0.2, 0) is 25.0 Å². The molecule has 0 aromatic heterocycles. The maximum atomic E-state index is 11.0. The lowest BCUT2D eigenvalue weighted by Gasteiger charge is -2.13. The van der Waals surface area contributed by atoms with Crippen molar-refractivity contribution in [2.45, 2.75) is 19.5 Å². The molecule has 1 aromatic carbocycles. The van der Waals surface area contributed by atoms with Gasteiger partial charge in [0.15, 0.2) is 0 Å². The highest BCUT2D eigenvalue weighted by atomic mass is 32.1. The predicted octanol–water partition coefficient (Wildman–Crippen LogP) is 2.33. The van der Waals surface area contributed by atoms with E-state index >= 15 is 0 Å². The number of hydrogen-bond donors (Lipinski definition) is 5. The summed E-state index contributed by atoms with van der Waals surface area (Å²) in [6, 6.07) is 6.65. The van der Waals surface area contributed by atoms with E-state index in [1.165, 1.54) is 0 Å². The van der Waals surface area contributed by atoms with E-state index < -0.39 is 20.3 Å². The molecule has 1 unspecified atom stereocenters. The van der Waals surface area contributed by atoms with Crippen LogP contribution < -0.4 is 11.1 Å². The van der Waals surface area contributed by atoms with Crippen molar-refractivity contribution in [1.82, 2.24) is 5.32 Å². The molecule has 1 aromatic rings. The molecule has 10 heteroatoms. The molecule has 7 nitrogen and oxygen atoms in total. The van der Waals surface area contributed by atoms with Crippen LogP contribution in [0.15, 0.2) is 24.3 Å². The van der Waals surface area contributed by atoms with E-state index in [-0.39, 0.29) is 11.9 Å². The summed E-state index contributed by atoms with van der Waals surface area (Å²) in [7, 11) is -1.98. The molecular formula is C13H22N2O5PS2+. The number of carboxylic acids is 1. The zero-order valence-electron chi connectivity index (χ0n) is 12.7. The number of rotatable bonds is 9. The van der Waals surface area contributed by atoms with Crippen LogP contribution in [0.3, 0.4) is 0 Å². The van der Waals surface area contributed by atoms with E-state index in [1.54, 1.807) is 12.1 Å². The third-order valence-corrected chi connectivity index (χ3v) is 3.88. The normalized spacial score (nSPS) is 11.3. The Kier molecular flexibility index (Phi) is 13.3. The number of nitrogens with one attached hydrogen (secondary N) is 1. The van der Waals surface area contributed by atoms with Gasteiger partial charge in [-0.05, 0) is 17.7 Å². The van der Waals surface area contributed by atoms with Crippen LogP contribution in [0.25, 0.3) is 0 Å². The van der Waals surface area contributed by atoms with Crippen molar-refractivity contribution in [3.63, 3.8) is 0 Å². The molecule has 0 fully saturated rings. The average molecular weight is 381 g/mol. The Bertz CT molecular complexity index is 468. The van der Waals surface area contributed by atoms with E-state index in [1.807, 2.05) is 19.1 Å². The molecule has 0 radical (unpaired) electrons. The summed E-state index contributed by atoms with van der Waals surface area (Å²) in [4.78, 5) is 11.0. The Morgan fingerprint density at radius 2 is 1.83 bits per heavy atom. The van der Waals surface area contributed by atoms with E-state index in [2.05, 4.69) is 39.6 Å². The SMILES string of the molecule is CCNC(C(=O)O)c1ccc(CN)cc1.O=[P+](OCS)OCS. The van der Waals surface area contributed by atoms with Crippen LogP contribution in [0.1, 0.15) is 24.1 Å². The number of thiol groups is 2. The van der Waals surface area contributed by atoms with Gasteiger partial charge in [-0.1, -0.05) is 31.2 Å². The maximum absolute atomic E-state index is 11.0. The van der Waals surface area contributed by atoms with Crippen molar-refractivity contribution in [1.29, 1.82) is 0 Å². The van der Waals surface area contributed by atoms with E-state index in [0.717, 1.165) is 11.1 Å². The van der Waals surface area contributed by atoms with Crippen LogP contribution in [0.2, 0.25) is 0 Å². The molecule has 0 saturated heterocycles. The fourth-order valence-electron chi connectivity index (χ4n) is 1.53. The van der Waals surface area contributed by atoms with Crippen LogP contribution in [0, 0.1) is 0 Å².